The fourth-order valence-electron chi connectivity index (χ4n) is 3.74. The molecular weight excluding hydrogens is 380 g/mol. The van der Waals surface area contributed by atoms with Gasteiger partial charge in [0.15, 0.2) is 0 Å². The van der Waals surface area contributed by atoms with E-state index in [0.29, 0.717) is 47.3 Å². The standard InChI is InChI=1S/C20H28N2O5S/c1-3-27-20(25)15-13(2)16(19(24)22-9-11-26-12-10-22)28-18(15)21-17(23)14-7-5-4-6-8-14/h14H,3-12H2,1-2H3,(H,21,23). The molecule has 1 aromatic heterocycles. The number of hydrogen-bond donors (Lipinski definition) is 1. The molecule has 1 saturated heterocycles. The summed E-state index contributed by atoms with van der Waals surface area (Å²) in [5.41, 5.74) is 0.867. The van der Waals surface area contributed by atoms with E-state index in [9.17, 15) is 14.4 Å². The number of ether oxygens (including phenoxy) is 2. The van der Waals surface area contributed by atoms with Crippen LogP contribution in [-0.4, -0.2) is 55.6 Å². The van der Waals surface area contributed by atoms with Crippen LogP contribution in [0.4, 0.5) is 5.00 Å². The fourth-order valence-corrected chi connectivity index (χ4v) is 4.91. The second kappa shape index (κ2) is 9.52. The summed E-state index contributed by atoms with van der Waals surface area (Å²) in [6.07, 6.45) is 4.99. The Morgan fingerprint density at radius 3 is 2.50 bits per heavy atom. The van der Waals surface area contributed by atoms with E-state index in [1.807, 2.05) is 0 Å². The number of anilines is 1. The number of rotatable bonds is 5. The molecule has 0 bridgehead atoms. The minimum absolute atomic E-state index is 0.0374. The van der Waals surface area contributed by atoms with Crippen molar-refractivity contribution in [1.29, 1.82) is 0 Å². The highest BCUT2D eigenvalue weighted by Gasteiger charge is 2.31. The lowest BCUT2D eigenvalue weighted by molar-refractivity contribution is -0.120. The van der Waals surface area contributed by atoms with Crippen LogP contribution < -0.4 is 5.32 Å². The van der Waals surface area contributed by atoms with Crippen molar-refractivity contribution in [2.75, 3.05) is 38.2 Å². The molecule has 2 fully saturated rings. The zero-order chi connectivity index (χ0) is 20.1. The number of amides is 2. The topological polar surface area (TPSA) is 84.9 Å². The van der Waals surface area contributed by atoms with E-state index >= 15 is 0 Å². The number of morpholine rings is 1. The predicted octanol–water partition coefficient (Wildman–Crippen LogP) is 3.22. The molecule has 0 unspecified atom stereocenters. The van der Waals surface area contributed by atoms with Gasteiger partial charge in [0.05, 0.1) is 30.3 Å². The van der Waals surface area contributed by atoms with E-state index in [-0.39, 0.29) is 24.3 Å². The molecule has 154 valence electrons. The summed E-state index contributed by atoms with van der Waals surface area (Å²) in [6, 6.07) is 0. The second-order valence-electron chi connectivity index (χ2n) is 7.21. The third-order valence-corrected chi connectivity index (χ3v) is 6.53. The number of nitrogens with zero attached hydrogens (tertiary/aromatic N) is 1. The molecule has 1 aliphatic heterocycles. The first-order chi connectivity index (χ1) is 13.5. The van der Waals surface area contributed by atoms with Crippen molar-refractivity contribution in [1.82, 2.24) is 4.90 Å². The summed E-state index contributed by atoms with van der Waals surface area (Å²) in [4.78, 5) is 40.4. The van der Waals surface area contributed by atoms with Gasteiger partial charge in [0.25, 0.3) is 5.91 Å². The van der Waals surface area contributed by atoms with Crippen LogP contribution >= 0.6 is 11.3 Å². The molecule has 2 amide bonds. The van der Waals surface area contributed by atoms with Crippen molar-refractivity contribution in [2.45, 2.75) is 46.0 Å². The highest BCUT2D eigenvalue weighted by Crippen LogP contribution is 2.36. The Hall–Kier alpha value is -1.93. The number of esters is 1. The molecule has 0 radical (unpaired) electrons. The third-order valence-electron chi connectivity index (χ3n) is 5.33. The van der Waals surface area contributed by atoms with E-state index < -0.39 is 5.97 Å². The van der Waals surface area contributed by atoms with Gasteiger partial charge in [-0.15, -0.1) is 11.3 Å². The molecule has 1 aliphatic carbocycles. The van der Waals surface area contributed by atoms with Gasteiger partial charge in [-0.25, -0.2) is 4.79 Å². The summed E-state index contributed by atoms with van der Waals surface area (Å²) in [6.45, 7) is 5.77. The Kier molecular flexibility index (Phi) is 7.07. The Labute approximate surface area is 169 Å². The number of hydrogen-bond acceptors (Lipinski definition) is 6. The first-order valence-electron chi connectivity index (χ1n) is 10.0. The maximum absolute atomic E-state index is 13.0. The lowest BCUT2D eigenvalue weighted by Crippen LogP contribution is -2.40. The molecule has 3 rings (SSSR count). The van der Waals surface area contributed by atoms with Crippen molar-refractivity contribution in [3.63, 3.8) is 0 Å². The van der Waals surface area contributed by atoms with Crippen molar-refractivity contribution >= 4 is 34.1 Å². The normalized spacial score (nSPS) is 18.0. The van der Waals surface area contributed by atoms with Crippen LogP contribution in [-0.2, 0) is 14.3 Å². The third kappa shape index (κ3) is 4.55. The number of thiophene rings is 1. The van der Waals surface area contributed by atoms with Crippen molar-refractivity contribution in [3.05, 3.63) is 16.0 Å². The minimum Gasteiger partial charge on any atom is -0.462 e. The Morgan fingerprint density at radius 2 is 1.86 bits per heavy atom. The van der Waals surface area contributed by atoms with Gasteiger partial charge in [-0.2, -0.15) is 0 Å². The Bertz CT molecular complexity index is 733. The monoisotopic (exact) mass is 408 g/mol. The van der Waals surface area contributed by atoms with Crippen LogP contribution in [0.15, 0.2) is 0 Å². The maximum Gasteiger partial charge on any atom is 0.341 e. The van der Waals surface area contributed by atoms with Gasteiger partial charge in [-0.3, -0.25) is 9.59 Å². The highest BCUT2D eigenvalue weighted by molar-refractivity contribution is 7.18. The quantitative estimate of drug-likeness (QED) is 0.756. The minimum atomic E-state index is -0.503. The van der Waals surface area contributed by atoms with E-state index in [4.69, 9.17) is 9.47 Å². The zero-order valence-electron chi connectivity index (χ0n) is 16.5. The van der Waals surface area contributed by atoms with Gasteiger partial charge < -0.3 is 19.7 Å². The molecule has 7 nitrogen and oxygen atoms in total. The Morgan fingerprint density at radius 1 is 1.18 bits per heavy atom. The van der Waals surface area contributed by atoms with E-state index in [2.05, 4.69) is 5.32 Å². The van der Waals surface area contributed by atoms with Crippen molar-refractivity contribution < 1.29 is 23.9 Å². The van der Waals surface area contributed by atoms with Crippen LogP contribution in [0, 0.1) is 12.8 Å². The largest absolute Gasteiger partial charge is 0.462 e. The molecular formula is C20H28N2O5S. The van der Waals surface area contributed by atoms with E-state index in [1.165, 1.54) is 11.3 Å². The van der Waals surface area contributed by atoms with Gasteiger partial charge in [-0.05, 0) is 32.3 Å². The number of nitrogens with one attached hydrogen (secondary N) is 1. The summed E-state index contributed by atoms with van der Waals surface area (Å²) in [5, 5.41) is 3.34. The second-order valence-corrected chi connectivity index (χ2v) is 8.23. The van der Waals surface area contributed by atoms with Crippen LogP contribution in [0.25, 0.3) is 0 Å². The van der Waals surface area contributed by atoms with E-state index in [1.54, 1.807) is 18.7 Å². The first kappa shape index (κ1) is 20.8. The molecule has 1 aromatic rings. The fraction of sp³-hybridized carbons (Fsp3) is 0.650. The lowest BCUT2D eigenvalue weighted by Gasteiger charge is -2.26. The van der Waals surface area contributed by atoms with Crippen molar-refractivity contribution in [3.8, 4) is 0 Å². The van der Waals surface area contributed by atoms with Gasteiger partial charge in [0.2, 0.25) is 5.91 Å². The van der Waals surface area contributed by atoms with Crippen LogP contribution in [0.5, 0.6) is 0 Å². The Balaban J connectivity index is 1.87. The molecule has 0 aromatic carbocycles. The first-order valence-corrected chi connectivity index (χ1v) is 10.8. The van der Waals surface area contributed by atoms with Gasteiger partial charge in [-0.1, -0.05) is 19.3 Å². The molecule has 2 heterocycles. The molecule has 2 aliphatic rings. The van der Waals surface area contributed by atoms with Crippen LogP contribution in [0.2, 0.25) is 0 Å². The average molecular weight is 409 g/mol. The number of carbonyl (C=O) groups is 3. The van der Waals surface area contributed by atoms with Gasteiger partial charge in [0.1, 0.15) is 5.00 Å². The summed E-state index contributed by atoms with van der Waals surface area (Å²) < 4.78 is 10.5. The molecule has 8 heteroatoms. The van der Waals surface area contributed by atoms with Crippen molar-refractivity contribution in [2.24, 2.45) is 5.92 Å². The average Bonchev–Trinajstić information content (AvgIpc) is 3.04. The van der Waals surface area contributed by atoms with Gasteiger partial charge >= 0.3 is 5.97 Å². The van der Waals surface area contributed by atoms with Crippen LogP contribution in [0.1, 0.15) is 64.6 Å². The zero-order valence-corrected chi connectivity index (χ0v) is 17.4. The SMILES string of the molecule is CCOC(=O)c1c(NC(=O)C2CCCCC2)sc(C(=O)N2CCOCC2)c1C. The molecule has 0 atom stereocenters. The van der Waals surface area contributed by atoms with Gasteiger partial charge in [0, 0.05) is 19.0 Å². The summed E-state index contributed by atoms with van der Waals surface area (Å²) >= 11 is 1.17. The smallest absolute Gasteiger partial charge is 0.341 e. The van der Waals surface area contributed by atoms with E-state index in [0.717, 1.165) is 32.1 Å². The summed E-state index contributed by atoms with van der Waals surface area (Å²) in [5.74, 6) is -0.743. The highest BCUT2D eigenvalue weighted by atomic mass is 32.1. The molecule has 0 spiro atoms. The maximum atomic E-state index is 13.0. The summed E-state index contributed by atoms with van der Waals surface area (Å²) in [7, 11) is 0. The lowest BCUT2D eigenvalue weighted by atomic mass is 9.89. The molecule has 1 N–H and O–H groups in total. The molecule has 1 saturated carbocycles. The predicted molar refractivity (Wildman–Crippen MR) is 107 cm³/mol. The van der Waals surface area contributed by atoms with Crippen LogP contribution in [0.3, 0.4) is 0 Å². The molecule has 28 heavy (non-hydrogen) atoms. The number of carbonyl (C=O) groups excluding carboxylic acids is 3.